The van der Waals surface area contributed by atoms with Crippen LogP contribution in [0.4, 0.5) is 0 Å². The van der Waals surface area contributed by atoms with E-state index in [0.29, 0.717) is 29.8 Å². The molecule has 0 aliphatic carbocycles. The summed E-state index contributed by atoms with van der Waals surface area (Å²) in [5, 5.41) is 8.24. The Morgan fingerprint density at radius 3 is 2.36 bits per heavy atom. The van der Waals surface area contributed by atoms with E-state index in [4.69, 9.17) is 21.1 Å². The van der Waals surface area contributed by atoms with Gasteiger partial charge in [-0.25, -0.2) is 0 Å². The van der Waals surface area contributed by atoms with Crippen molar-refractivity contribution in [3.8, 4) is 22.8 Å². The maximum absolute atomic E-state index is 13.4. The van der Waals surface area contributed by atoms with Gasteiger partial charge in [0.05, 0.1) is 18.8 Å². The Bertz CT molecular complexity index is 1360. The van der Waals surface area contributed by atoms with Crippen molar-refractivity contribution < 1.29 is 14.3 Å². The van der Waals surface area contributed by atoms with Crippen LogP contribution in [0, 0.1) is 5.92 Å². The molecule has 1 N–H and O–H groups in total. The van der Waals surface area contributed by atoms with Crippen LogP contribution in [-0.2, 0) is 6.61 Å². The molecule has 1 amide bonds. The molecule has 184 valence electrons. The molecule has 5 rings (SSSR count). The van der Waals surface area contributed by atoms with Crippen LogP contribution in [0.3, 0.4) is 0 Å². The number of rotatable bonds is 8. The van der Waals surface area contributed by atoms with E-state index in [9.17, 15) is 4.79 Å². The van der Waals surface area contributed by atoms with Crippen molar-refractivity contribution in [3.63, 3.8) is 0 Å². The van der Waals surface area contributed by atoms with Crippen molar-refractivity contribution in [3.05, 3.63) is 100 Å². The Morgan fingerprint density at radius 2 is 1.69 bits per heavy atom. The summed E-state index contributed by atoms with van der Waals surface area (Å²) < 4.78 is 11.3. The van der Waals surface area contributed by atoms with Crippen LogP contribution in [0.5, 0.6) is 11.5 Å². The lowest BCUT2D eigenvalue weighted by Gasteiger charge is -2.28. The van der Waals surface area contributed by atoms with Gasteiger partial charge in [-0.15, -0.1) is 0 Å². The highest BCUT2D eigenvalue weighted by atomic mass is 35.5. The largest absolute Gasteiger partial charge is 0.497 e. The number of benzene rings is 3. The Labute approximate surface area is 215 Å². The molecule has 36 heavy (non-hydrogen) atoms. The number of H-pyrrole nitrogens is 1. The summed E-state index contributed by atoms with van der Waals surface area (Å²) in [5.41, 5.74) is 5.08. The predicted molar refractivity (Wildman–Crippen MR) is 141 cm³/mol. The van der Waals surface area contributed by atoms with Gasteiger partial charge in [-0.05, 0) is 53.9 Å². The van der Waals surface area contributed by atoms with Gasteiger partial charge in [-0.2, -0.15) is 5.10 Å². The highest BCUT2D eigenvalue weighted by Gasteiger charge is 2.42. The summed E-state index contributed by atoms with van der Waals surface area (Å²) in [6.07, 6.45) is 0. The van der Waals surface area contributed by atoms with Gasteiger partial charge < -0.3 is 14.4 Å². The number of halogens is 1. The Balaban J connectivity index is 1.47. The number of nitrogens with one attached hydrogen (secondary N) is 1. The molecule has 0 fully saturated rings. The molecule has 1 unspecified atom stereocenters. The van der Waals surface area contributed by atoms with E-state index < -0.39 is 0 Å². The fourth-order valence-electron chi connectivity index (χ4n) is 4.62. The average molecular weight is 502 g/mol. The van der Waals surface area contributed by atoms with Crippen LogP contribution >= 0.6 is 11.6 Å². The minimum absolute atomic E-state index is 0.0324. The molecule has 3 aromatic carbocycles. The molecule has 4 aromatic rings. The van der Waals surface area contributed by atoms with Crippen LogP contribution in [0.1, 0.15) is 47.1 Å². The lowest BCUT2D eigenvalue weighted by atomic mass is 9.95. The van der Waals surface area contributed by atoms with Crippen molar-refractivity contribution in [2.24, 2.45) is 5.92 Å². The number of aromatic nitrogens is 2. The highest BCUT2D eigenvalue weighted by molar-refractivity contribution is 6.31. The van der Waals surface area contributed by atoms with Crippen LogP contribution < -0.4 is 9.47 Å². The number of carbonyl (C=O) groups excluding carboxylic acids is 1. The molecule has 6 nitrogen and oxygen atoms in total. The van der Waals surface area contributed by atoms with Gasteiger partial charge in [0.1, 0.15) is 23.8 Å². The predicted octanol–water partition coefficient (Wildman–Crippen LogP) is 6.52. The summed E-state index contributed by atoms with van der Waals surface area (Å²) in [5.74, 6) is 1.79. The maximum atomic E-state index is 13.4. The van der Waals surface area contributed by atoms with E-state index in [2.05, 4.69) is 24.0 Å². The zero-order chi connectivity index (χ0) is 25.2. The highest BCUT2D eigenvalue weighted by Crippen LogP contribution is 2.43. The van der Waals surface area contributed by atoms with Crippen LogP contribution in [0.2, 0.25) is 5.02 Å². The summed E-state index contributed by atoms with van der Waals surface area (Å²) >= 11 is 6.26. The van der Waals surface area contributed by atoms with Gasteiger partial charge >= 0.3 is 0 Å². The zero-order valence-electron chi connectivity index (χ0n) is 20.5. The second kappa shape index (κ2) is 10.1. The fraction of sp³-hybridized carbons (Fsp3) is 0.241. The first-order chi connectivity index (χ1) is 17.5. The van der Waals surface area contributed by atoms with Gasteiger partial charge in [0.2, 0.25) is 0 Å². The first-order valence-electron chi connectivity index (χ1n) is 12.0. The molecule has 0 bridgehead atoms. The second-order valence-corrected chi connectivity index (χ2v) is 9.70. The smallest absolute Gasteiger partial charge is 0.273 e. The third-order valence-corrected chi connectivity index (χ3v) is 6.71. The van der Waals surface area contributed by atoms with Crippen molar-refractivity contribution in [2.75, 3.05) is 13.7 Å². The Kier molecular flexibility index (Phi) is 6.70. The number of amides is 1. The number of methoxy groups -OCH3 is 1. The topological polar surface area (TPSA) is 67.5 Å². The first-order valence-corrected chi connectivity index (χ1v) is 12.3. The van der Waals surface area contributed by atoms with Gasteiger partial charge in [0.25, 0.3) is 5.91 Å². The summed E-state index contributed by atoms with van der Waals surface area (Å²) in [7, 11) is 1.64. The van der Waals surface area contributed by atoms with Crippen LogP contribution in [-0.4, -0.2) is 34.7 Å². The van der Waals surface area contributed by atoms with E-state index in [-0.39, 0.29) is 11.9 Å². The third kappa shape index (κ3) is 4.56. The fourth-order valence-corrected chi connectivity index (χ4v) is 4.81. The normalized spacial score (nSPS) is 14.9. The van der Waals surface area contributed by atoms with Crippen molar-refractivity contribution in [2.45, 2.75) is 26.5 Å². The molecular formula is C29H28ClN3O3. The van der Waals surface area contributed by atoms with E-state index in [1.54, 1.807) is 7.11 Å². The average Bonchev–Trinajstić information content (AvgIpc) is 3.43. The molecule has 0 radical (unpaired) electrons. The molecule has 7 heteroatoms. The molecular weight excluding hydrogens is 474 g/mol. The van der Waals surface area contributed by atoms with E-state index in [0.717, 1.165) is 39.4 Å². The van der Waals surface area contributed by atoms with Gasteiger partial charge in [0, 0.05) is 28.3 Å². The molecule has 1 aromatic heterocycles. The lowest BCUT2D eigenvalue weighted by Crippen LogP contribution is -2.32. The number of aromatic amines is 1. The summed E-state index contributed by atoms with van der Waals surface area (Å²) in [4.78, 5) is 15.3. The van der Waals surface area contributed by atoms with Gasteiger partial charge in [-0.3, -0.25) is 9.89 Å². The van der Waals surface area contributed by atoms with Crippen molar-refractivity contribution >= 4 is 17.5 Å². The van der Waals surface area contributed by atoms with Gasteiger partial charge in [-0.1, -0.05) is 55.8 Å². The van der Waals surface area contributed by atoms with Crippen LogP contribution in [0.25, 0.3) is 11.3 Å². The first kappa shape index (κ1) is 23.9. The number of carbonyl (C=O) groups is 1. The molecule has 1 aliphatic heterocycles. The minimum atomic E-state index is -0.247. The van der Waals surface area contributed by atoms with E-state index >= 15 is 0 Å². The molecule has 0 saturated heterocycles. The maximum Gasteiger partial charge on any atom is 0.273 e. The lowest BCUT2D eigenvalue weighted by molar-refractivity contribution is 0.0722. The van der Waals surface area contributed by atoms with Crippen molar-refractivity contribution in [1.29, 1.82) is 0 Å². The summed E-state index contributed by atoms with van der Waals surface area (Å²) in [6.45, 7) is 5.25. The monoisotopic (exact) mass is 501 g/mol. The number of nitrogens with zero attached hydrogens (tertiary/aromatic N) is 2. The van der Waals surface area contributed by atoms with Gasteiger partial charge in [0.15, 0.2) is 0 Å². The quantitative estimate of drug-likeness (QED) is 0.298. The Hall–Kier alpha value is -3.77. The molecule has 2 heterocycles. The third-order valence-electron chi connectivity index (χ3n) is 6.34. The SMILES string of the molecule is COc1ccc(-c2n[nH]c3c2C(c2ccc(OCc4ccccc4Cl)cc2)N(CC(C)C)C3=O)cc1. The second-order valence-electron chi connectivity index (χ2n) is 9.29. The number of fused-ring (bicyclic) bond motifs is 1. The molecule has 1 atom stereocenters. The zero-order valence-corrected chi connectivity index (χ0v) is 21.3. The summed E-state index contributed by atoms with van der Waals surface area (Å²) in [6, 6.07) is 23.1. The molecule has 0 saturated carbocycles. The van der Waals surface area contributed by atoms with E-state index in [1.807, 2.05) is 77.7 Å². The van der Waals surface area contributed by atoms with Crippen LogP contribution in [0.15, 0.2) is 72.8 Å². The molecule has 0 spiro atoms. The number of ether oxygens (including phenoxy) is 2. The number of hydrogen-bond donors (Lipinski definition) is 1. The number of hydrogen-bond acceptors (Lipinski definition) is 4. The molecule has 1 aliphatic rings. The Morgan fingerprint density at radius 1 is 1.00 bits per heavy atom. The minimum Gasteiger partial charge on any atom is -0.497 e. The van der Waals surface area contributed by atoms with E-state index in [1.165, 1.54) is 0 Å². The van der Waals surface area contributed by atoms with Crippen molar-refractivity contribution in [1.82, 2.24) is 15.1 Å². The standard InChI is InChI=1S/C29H28ClN3O3/c1-18(2)16-33-28(20-10-14-23(15-11-20)36-17-21-6-4-5-7-24(21)30)25-26(31-32-27(25)29(33)34)19-8-12-22(35-3)13-9-19/h4-15,18,28H,16-17H2,1-3H3,(H,31,32).